The van der Waals surface area contributed by atoms with Gasteiger partial charge < -0.3 is 9.47 Å². The molecule has 0 radical (unpaired) electrons. The van der Waals surface area contributed by atoms with E-state index in [2.05, 4.69) is 5.10 Å². The minimum absolute atomic E-state index is 0.0567. The summed E-state index contributed by atoms with van der Waals surface area (Å²) < 4.78 is 98.9. The van der Waals surface area contributed by atoms with Crippen molar-refractivity contribution in [1.29, 1.82) is 5.26 Å². The van der Waals surface area contributed by atoms with Gasteiger partial charge in [0.2, 0.25) is 0 Å². The van der Waals surface area contributed by atoms with Crippen LogP contribution in [0.25, 0.3) is 0 Å². The molecule has 0 aromatic heterocycles. The van der Waals surface area contributed by atoms with Crippen molar-refractivity contribution in [2.75, 3.05) is 7.11 Å². The first-order valence-electron chi connectivity index (χ1n) is 8.34. The third-order valence-corrected chi connectivity index (χ3v) is 3.83. The molecule has 0 amide bonds. The van der Waals surface area contributed by atoms with Gasteiger partial charge in [0, 0.05) is 0 Å². The second kappa shape index (κ2) is 9.11. The number of benzene rings is 2. The van der Waals surface area contributed by atoms with Crippen molar-refractivity contribution in [1.82, 2.24) is 5.43 Å². The summed E-state index contributed by atoms with van der Waals surface area (Å²) in [6.07, 6.45) is -5.84. The fourth-order valence-electron chi connectivity index (χ4n) is 2.16. The lowest BCUT2D eigenvalue weighted by Gasteiger charge is -2.27. The van der Waals surface area contributed by atoms with Gasteiger partial charge in [-0.25, -0.2) is 5.43 Å². The number of nitriles is 1. The van der Waals surface area contributed by atoms with Crippen LogP contribution in [0.5, 0.6) is 11.5 Å². The first kappa shape index (κ1) is 23.8. The molecule has 0 saturated carbocycles. The lowest BCUT2D eigenvalue weighted by atomic mass is 10.1. The lowest BCUT2D eigenvalue weighted by molar-refractivity contribution is -0.361. The molecule has 0 aliphatic carbocycles. The largest absolute Gasteiger partial charge is 0.493 e. The summed E-state index contributed by atoms with van der Waals surface area (Å²) in [6.45, 7) is 0.107. The number of hydrogen-bond acceptors (Lipinski definition) is 5. The predicted molar refractivity (Wildman–Crippen MR) is 95.2 cm³/mol. The molecule has 0 aliphatic rings. The SMILES string of the molecule is COc1cc(/C=N\NC(F)(F)C(F)(F)C(F)(F)F)ccc1OCc1ccc(C#N)cc1. The number of methoxy groups -OCH3 is 1. The average Bonchev–Trinajstić information content (AvgIpc) is 2.72. The number of rotatable bonds is 8. The highest BCUT2D eigenvalue weighted by Gasteiger charge is 2.73. The molecule has 31 heavy (non-hydrogen) atoms. The number of hydrogen-bond donors (Lipinski definition) is 1. The molecule has 0 aliphatic heterocycles. The summed E-state index contributed by atoms with van der Waals surface area (Å²) in [5.74, 6) is -5.95. The van der Waals surface area contributed by atoms with Gasteiger partial charge in [-0.15, -0.1) is 0 Å². The molecule has 0 atom stereocenters. The van der Waals surface area contributed by atoms with Gasteiger partial charge in [0.1, 0.15) is 6.61 Å². The van der Waals surface area contributed by atoms with Crippen LogP contribution in [-0.4, -0.2) is 31.5 Å². The van der Waals surface area contributed by atoms with E-state index in [0.29, 0.717) is 17.2 Å². The average molecular weight is 449 g/mol. The molecule has 5 nitrogen and oxygen atoms in total. The second-order valence-electron chi connectivity index (χ2n) is 6.02. The first-order chi connectivity index (χ1) is 14.4. The Balaban J connectivity index is 2.07. The zero-order chi connectivity index (χ0) is 23.3. The Morgan fingerprint density at radius 2 is 1.65 bits per heavy atom. The van der Waals surface area contributed by atoms with E-state index >= 15 is 0 Å². The highest BCUT2D eigenvalue weighted by atomic mass is 19.4. The molecule has 12 heteroatoms. The Kier molecular flexibility index (Phi) is 6.99. The number of halogens is 7. The Bertz CT molecular complexity index is 968. The van der Waals surface area contributed by atoms with Gasteiger partial charge >= 0.3 is 18.1 Å². The molecular formula is C19H14F7N3O2. The first-order valence-corrected chi connectivity index (χ1v) is 8.34. The van der Waals surface area contributed by atoms with Crippen molar-refractivity contribution in [2.45, 2.75) is 24.8 Å². The van der Waals surface area contributed by atoms with E-state index < -0.39 is 18.1 Å². The smallest absolute Gasteiger partial charge is 0.462 e. The van der Waals surface area contributed by atoms with Crippen LogP contribution in [-0.2, 0) is 6.61 Å². The molecule has 0 bridgehead atoms. The molecule has 2 rings (SSSR count). The molecule has 0 spiro atoms. The van der Waals surface area contributed by atoms with Crippen LogP contribution in [0, 0.1) is 11.3 Å². The van der Waals surface area contributed by atoms with E-state index in [1.54, 1.807) is 24.3 Å². The summed E-state index contributed by atoms with van der Waals surface area (Å²) >= 11 is 0. The maximum absolute atomic E-state index is 13.2. The van der Waals surface area contributed by atoms with Gasteiger partial charge in [-0.05, 0) is 41.5 Å². The molecule has 0 saturated heterocycles. The van der Waals surface area contributed by atoms with Crippen molar-refractivity contribution >= 4 is 6.21 Å². The fraction of sp³-hybridized carbons (Fsp3) is 0.263. The Morgan fingerprint density at radius 1 is 1.00 bits per heavy atom. The third-order valence-electron chi connectivity index (χ3n) is 3.83. The van der Waals surface area contributed by atoms with Gasteiger partial charge in [-0.3, -0.25) is 0 Å². The summed E-state index contributed by atoms with van der Waals surface area (Å²) in [5.41, 5.74) is 1.80. The van der Waals surface area contributed by atoms with Crippen LogP contribution >= 0.6 is 0 Å². The van der Waals surface area contributed by atoms with E-state index in [1.165, 1.54) is 25.3 Å². The highest BCUT2D eigenvalue weighted by molar-refractivity contribution is 5.80. The summed E-state index contributed by atoms with van der Waals surface area (Å²) in [7, 11) is 1.28. The molecule has 1 N–H and O–H groups in total. The molecule has 0 fully saturated rings. The standard InChI is InChI=1S/C19H14F7N3O2/c1-30-16-8-14(10-28-29-19(25,26)17(20,21)18(22,23)24)6-7-15(16)31-11-13-4-2-12(9-27)3-5-13/h2-8,10,29H,11H2,1H3/b28-10-. The molecular weight excluding hydrogens is 435 g/mol. The zero-order valence-electron chi connectivity index (χ0n) is 15.7. The van der Waals surface area contributed by atoms with Crippen molar-refractivity contribution in [3.63, 3.8) is 0 Å². The number of ether oxygens (including phenoxy) is 2. The van der Waals surface area contributed by atoms with Gasteiger partial charge in [0.15, 0.2) is 11.5 Å². The monoisotopic (exact) mass is 449 g/mol. The highest BCUT2D eigenvalue weighted by Crippen LogP contribution is 2.45. The van der Waals surface area contributed by atoms with Crippen LogP contribution < -0.4 is 14.9 Å². The topological polar surface area (TPSA) is 66.6 Å². The molecule has 0 heterocycles. The Labute approximate surface area is 171 Å². The molecule has 0 unspecified atom stereocenters. The van der Waals surface area contributed by atoms with E-state index in [9.17, 15) is 30.7 Å². The van der Waals surface area contributed by atoms with E-state index in [0.717, 1.165) is 5.56 Å². The second-order valence-corrected chi connectivity index (χ2v) is 6.02. The normalized spacial score (nSPS) is 12.5. The molecule has 166 valence electrons. The van der Waals surface area contributed by atoms with Crippen LogP contribution in [0.4, 0.5) is 30.7 Å². The summed E-state index contributed by atoms with van der Waals surface area (Å²) in [5, 5.41) is 11.6. The van der Waals surface area contributed by atoms with Crippen molar-refractivity contribution in [3.05, 3.63) is 59.2 Å². The van der Waals surface area contributed by atoms with Crippen LogP contribution in [0.3, 0.4) is 0 Å². The number of hydrazone groups is 1. The Hall–Kier alpha value is -3.49. The number of nitrogens with zero attached hydrogens (tertiary/aromatic N) is 2. The Morgan fingerprint density at radius 3 is 2.19 bits per heavy atom. The van der Waals surface area contributed by atoms with Crippen molar-refractivity contribution in [3.8, 4) is 17.6 Å². The van der Waals surface area contributed by atoms with Gasteiger partial charge in [-0.2, -0.15) is 41.1 Å². The quantitative estimate of drug-likeness (QED) is 0.271. The zero-order valence-corrected chi connectivity index (χ0v) is 15.7. The van der Waals surface area contributed by atoms with Gasteiger partial charge in [-0.1, -0.05) is 12.1 Å². The van der Waals surface area contributed by atoms with Gasteiger partial charge in [0.05, 0.1) is 25.0 Å². The van der Waals surface area contributed by atoms with E-state index in [4.69, 9.17) is 14.7 Å². The predicted octanol–water partition coefficient (Wildman–Crippen LogP) is 4.86. The minimum atomic E-state index is -6.46. The fourth-order valence-corrected chi connectivity index (χ4v) is 2.16. The van der Waals surface area contributed by atoms with E-state index in [1.807, 2.05) is 6.07 Å². The maximum Gasteiger partial charge on any atom is 0.462 e. The molecule has 2 aromatic carbocycles. The van der Waals surface area contributed by atoms with Crippen molar-refractivity contribution in [2.24, 2.45) is 5.10 Å². The summed E-state index contributed by atoms with van der Waals surface area (Å²) in [4.78, 5) is 0. The maximum atomic E-state index is 13.2. The molecule has 2 aromatic rings. The van der Waals surface area contributed by atoms with Gasteiger partial charge in [0.25, 0.3) is 0 Å². The lowest BCUT2D eigenvalue weighted by Crippen LogP contribution is -2.58. The number of alkyl halides is 7. The van der Waals surface area contributed by atoms with Crippen molar-refractivity contribution < 1.29 is 40.2 Å². The summed E-state index contributed by atoms with van der Waals surface area (Å²) in [6, 6.07) is 6.77. The minimum Gasteiger partial charge on any atom is -0.493 e. The van der Waals surface area contributed by atoms with Crippen LogP contribution in [0.15, 0.2) is 47.6 Å². The number of nitrogens with one attached hydrogen (secondary N) is 1. The third kappa shape index (κ3) is 5.56. The van der Waals surface area contributed by atoms with Crippen LogP contribution in [0.1, 0.15) is 16.7 Å². The van der Waals surface area contributed by atoms with Crippen LogP contribution in [0.2, 0.25) is 0 Å². The van der Waals surface area contributed by atoms with E-state index in [-0.39, 0.29) is 23.7 Å².